The molecule has 4 heteroatoms. The van der Waals surface area contributed by atoms with Crippen LogP contribution in [0, 0.1) is 5.92 Å². The van der Waals surface area contributed by atoms with Gasteiger partial charge in [0.15, 0.2) is 5.11 Å². The zero-order valence-electron chi connectivity index (χ0n) is 10.1. The standard InChI is InChI=1S/C12H19N3S/c1-10(2)8-14-12(16)15(3)9-11-4-6-13-7-5-11/h4-7,10H,8-9H2,1-3H3,(H,14,16). The van der Waals surface area contributed by atoms with Gasteiger partial charge in [0.25, 0.3) is 0 Å². The predicted molar refractivity (Wildman–Crippen MR) is 71.1 cm³/mol. The molecule has 3 nitrogen and oxygen atoms in total. The van der Waals surface area contributed by atoms with E-state index in [1.54, 1.807) is 12.4 Å². The highest BCUT2D eigenvalue weighted by atomic mass is 32.1. The molecule has 1 aromatic heterocycles. The number of nitrogens with zero attached hydrogens (tertiary/aromatic N) is 2. The van der Waals surface area contributed by atoms with Crippen molar-refractivity contribution in [2.45, 2.75) is 20.4 Å². The molecule has 1 rings (SSSR count). The Balaban J connectivity index is 2.40. The van der Waals surface area contributed by atoms with Crippen LogP contribution in [-0.4, -0.2) is 28.6 Å². The lowest BCUT2D eigenvalue weighted by Gasteiger charge is -2.21. The van der Waals surface area contributed by atoms with Gasteiger partial charge in [-0.05, 0) is 35.8 Å². The third-order valence-corrected chi connectivity index (χ3v) is 2.63. The summed E-state index contributed by atoms with van der Waals surface area (Å²) < 4.78 is 0. The molecule has 88 valence electrons. The molecule has 1 heterocycles. The lowest BCUT2D eigenvalue weighted by Crippen LogP contribution is -2.38. The van der Waals surface area contributed by atoms with Crippen molar-refractivity contribution < 1.29 is 0 Å². The van der Waals surface area contributed by atoms with Gasteiger partial charge in [-0.25, -0.2) is 0 Å². The van der Waals surface area contributed by atoms with E-state index in [-0.39, 0.29) is 0 Å². The third kappa shape index (κ3) is 4.57. The molecule has 0 aromatic carbocycles. The molecule has 16 heavy (non-hydrogen) atoms. The Kier molecular flexibility index (Phi) is 5.19. The van der Waals surface area contributed by atoms with E-state index in [2.05, 4.69) is 24.1 Å². The molecule has 0 spiro atoms. The fraction of sp³-hybridized carbons (Fsp3) is 0.500. The number of nitrogens with one attached hydrogen (secondary N) is 1. The van der Waals surface area contributed by atoms with E-state index in [0.29, 0.717) is 5.92 Å². The second kappa shape index (κ2) is 6.43. The first-order chi connectivity index (χ1) is 7.59. The molecule has 0 bridgehead atoms. The van der Waals surface area contributed by atoms with Crippen molar-refractivity contribution in [2.75, 3.05) is 13.6 Å². The molecular formula is C12H19N3S. The van der Waals surface area contributed by atoms with Crippen molar-refractivity contribution in [3.63, 3.8) is 0 Å². The largest absolute Gasteiger partial charge is 0.362 e. The van der Waals surface area contributed by atoms with Gasteiger partial charge in [-0.2, -0.15) is 0 Å². The van der Waals surface area contributed by atoms with Crippen LogP contribution >= 0.6 is 12.2 Å². The van der Waals surface area contributed by atoms with Gasteiger partial charge in [0, 0.05) is 32.5 Å². The summed E-state index contributed by atoms with van der Waals surface area (Å²) in [4.78, 5) is 6.02. The van der Waals surface area contributed by atoms with Crippen LogP contribution in [0.1, 0.15) is 19.4 Å². The predicted octanol–water partition coefficient (Wildman–Crippen LogP) is 2.04. The van der Waals surface area contributed by atoms with E-state index in [4.69, 9.17) is 12.2 Å². The van der Waals surface area contributed by atoms with E-state index >= 15 is 0 Å². The minimum absolute atomic E-state index is 0.604. The average molecular weight is 237 g/mol. The molecule has 1 N–H and O–H groups in total. The van der Waals surface area contributed by atoms with Gasteiger partial charge >= 0.3 is 0 Å². The van der Waals surface area contributed by atoms with E-state index in [1.165, 1.54) is 5.56 Å². The van der Waals surface area contributed by atoms with Crippen molar-refractivity contribution in [3.05, 3.63) is 30.1 Å². The molecule has 1 aromatic rings. The summed E-state index contributed by atoms with van der Waals surface area (Å²) in [7, 11) is 2.00. The second-order valence-corrected chi connectivity index (χ2v) is 4.68. The summed E-state index contributed by atoms with van der Waals surface area (Å²) >= 11 is 5.29. The van der Waals surface area contributed by atoms with Crippen molar-refractivity contribution in [1.29, 1.82) is 0 Å². The number of hydrogen-bond donors (Lipinski definition) is 1. The first kappa shape index (κ1) is 12.9. The molecule has 0 fully saturated rings. The summed E-state index contributed by atoms with van der Waals surface area (Å²) in [5.41, 5.74) is 1.21. The Morgan fingerprint density at radius 1 is 1.44 bits per heavy atom. The van der Waals surface area contributed by atoms with Crippen LogP contribution in [0.25, 0.3) is 0 Å². The summed E-state index contributed by atoms with van der Waals surface area (Å²) in [5, 5.41) is 4.04. The average Bonchev–Trinajstić information content (AvgIpc) is 2.27. The fourth-order valence-electron chi connectivity index (χ4n) is 1.26. The number of rotatable bonds is 4. The third-order valence-electron chi connectivity index (χ3n) is 2.18. The summed E-state index contributed by atoms with van der Waals surface area (Å²) in [6.07, 6.45) is 3.60. The SMILES string of the molecule is CC(C)CNC(=S)N(C)Cc1ccncc1. The minimum atomic E-state index is 0.604. The maximum absolute atomic E-state index is 5.29. The monoisotopic (exact) mass is 237 g/mol. The summed E-state index contributed by atoms with van der Waals surface area (Å²) in [6, 6.07) is 4.00. The first-order valence-corrected chi connectivity index (χ1v) is 5.88. The number of hydrogen-bond acceptors (Lipinski definition) is 2. The quantitative estimate of drug-likeness (QED) is 0.811. The highest BCUT2D eigenvalue weighted by molar-refractivity contribution is 7.80. The number of pyridine rings is 1. The normalized spacial score (nSPS) is 10.2. The maximum atomic E-state index is 5.29. The molecule has 0 amide bonds. The molecule has 0 radical (unpaired) electrons. The van der Waals surface area contributed by atoms with E-state index < -0.39 is 0 Å². The maximum Gasteiger partial charge on any atom is 0.168 e. The van der Waals surface area contributed by atoms with Gasteiger partial charge in [0.2, 0.25) is 0 Å². The van der Waals surface area contributed by atoms with E-state index in [0.717, 1.165) is 18.2 Å². The van der Waals surface area contributed by atoms with Crippen LogP contribution in [0.15, 0.2) is 24.5 Å². The zero-order valence-corrected chi connectivity index (χ0v) is 10.9. The molecule has 0 saturated carbocycles. The van der Waals surface area contributed by atoms with Crippen LogP contribution in [0.5, 0.6) is 0 Å². The van der Waals surface area contributed by atoms with Crippen LogP contribution in [0.3, 0.4) is 0 Å². The van der Waals surface area contributed by atoms with E-state index in [9.17, 15) is 0 Å². The lowest BCUT2D eigenvalue weighted by atomic mass is 10.2. The Bertz CT molecular complexity index is 324. The van der Waals surface area contributed by atoms with Crippen molar-refractivity contribution in [1.82, 2.24) is 15.2 Å². The van der Waals surface area contributed by atoms with Crippen molar-refractivity contribution in [2.24, 2.45) is 5.92 Å². The van der Waals surface area contributed by atoms with Crippen LogP contribution in [0.4, 0.5) is 0 Å². The Morgan fingerprint density at radius 3 is 2.62 bits per heavy atom. The Morgan fingerprint density at radius 2 is 2.06 bits per heavy atom. The molecule has 0 aliphatic rings. The Labute approximate surface area is 103 Å². The summed E-state index contributed by atoms with van der Waals surface area (Å²) in [6.45, 7) is 6.06. The highest BCUT2D eigenvalue weighted by Crippen LogP contribution is 2.01. The fourth-order valence-corrected chi connectivity index (χ4v) is 1.41. The lowest BCUT2D eigenvalue weighted by molar-refractivity contribution is 0.479. The second-order valence-electron chi connectivity index (χ2n) is 4.29. The summed E-state index contributed by atoms with van der Waals surface area (Å²) in [5.74, 6) is 0.604. The molecule has 0 atom stereocenters. The minimum Gasteiger partial charge on any atom is -0.362 e. The Hall–Kier alpha value is -1.16. The van der Waals surface area contributed by atoms with Crippen molar-refractivity contribution in [3.8, 4) is 0 Å². The van der Waals surface area contributed by atoms with Gasteiger partial charge in [0.05, 0.1) is 0 Å². The van der Waals surface area contributed by atoms with Gasteiger partial charge in [-0.1, -0.05) is 13.8 Å². The molecular weight excluding hydrogens is 218 g/mol. The molecule has 0 aliphatic heterocycles. The van der Waals surface area contributed by atoms with Crippen molar-refractivity contribution >= 4 is 17.3 Å². The highest BCUT2D eigenvalue weighted by Gasteiger charge is 2.04. The van der Waals surface area contributed by atoms with Crippen LogP contribution in [0.2, 0.25) is 0 Å². The van der Waals surface area contributed by atoms with Gasteiger partial charge in [-0.15, -0.1) is 0 Å². The van der Waals surface area contributed by atoms with E-state index in [1.807, 2.05) is 24.1 Å². The molecule has 0 aliphatic carbocycles. The number of thiocarbonyl (C=S) groups is 1. The van der Waals surface area contributed by atoms with Gasteiger partial charge < -0.3 is 10.2 Å². The zero-order chi connectivity index (χ0) is 12.0. The molecule has 0 unspecified atom stereocenters. The number of aromatic nitrogens is 1. The van der Waals surface area contributed by atoms with Crippen LogP contribution < -0.4 is 5.32 Å². The van der Waals surface area contributed by atoms with Crippen LogP contribution in [-0.2, 0) is 6.54 Å². The smallest absolute Gasteiger partial charge is 0.168 e. The first-order valence-electron chi connectivity index (χ1n) is 5.47. The van der Waals surface area contributed by atoms with Gasteiger partial charge in [0.1, 0.15) is 0 Å². The molecule has 0 saturated heterocycles. The van der Waals surface area contributed by atoms with Gasteiger partial charge in [-0.3, -0.25) is 4.98 Å². The topological polar surface area (TPSA) is 28.2 Å².